The Bertz CT molecular complexity index is 1250. The number of hydrogen-bond donors (Lipinski definition) is 0. The van der Waals surface area contributed by atoms with E-state index in [0.717, 1.165) is 44.0 Å². The number of likely N-dealkylation sites (N-methyl/N-ethyl adjacent to an activating group) is 1. The predicted octanol–water partition coefficient (Wildman–Crippen LogP) is 5.15. The van der Waals surface area contributed by atoms with Crippen molar-refractivity contribution in [3.63, 3.8) is 0 Å². The van der Waals surface area contributed by atoms with Crippen LogP contribution < -0.4 is 4.74 Å². The zero-order valence-corrected chi connectivity index (χ0v) is 21.5. The topological polar surface area (TPSA) is 46.9 Å². The third kappa shape index (κ3) is 4.20. The maximum atomic E-state index is 12.5. The monoisotopic (exact) mass is 487 g/mol. The zero-order valence-electron chi connectivity index (χ0n) is 21.5. The van der Waals surface area contributed by atoms with Gasteiger partial charge in [-0.25, -0.2) is 4.79 Å². The number of hydrogen-bond acceptors (Lipinski definition) is 5. The van der Waals surface area contributed by atoms with Crippen LogP contribution >= 0.6 is 0 Å². The van der Waals surface area contributed by atoms with E-state index in [9.17, 15) is 4.79 Å². The molecule has 1 saturated heterocycles. The number of methoxy groups -OCH3 is 1. The molecule has 0 amide bonds. The van der Waals surface area contributed by atoms with E-state index in [2.05, 4.69) is 57.8 Å². The Morgan fingerprint density at radius 1 is 1.00 bits per heavy atom. The molecular formula is C30H37N3O3. The molecule has 1 aromatic heterocycles. The molecule has 6 heteroatoms. The Balaban J connectivity index is 1.57. The van der Waals surface area contributed by atoms with Crippen molar-refractivity contribution in [2.45, 2.75) is 50.6 Å². The molecule has 36 heavy (non-hydrogen) atoms. The summed E-state index contributed by atoms with van der Waals surface area (Å²) in [5.74, 6) is 1.21. The second-order valence-corrected chi connectivity index (χ2v) is 10.7. The number of benzene rings is 2. The molecule has 2 aromatic carbocycles. The van der Waals surface area contributed by atoms with E-state index in [1.165, 1.54) is 61.4 Å². The Labute approximate surface area is 213 Å². The van der Waals surface area contributed by atoms with Crippen LogP contribution in [0.5, 0.6) is 5.75 Å². The van der Waals surface area contributed by atoms with Gasteiger partial charge < -0.3 is 18.9 Å². The van der Waals surface area contributed by atoms with E-state index in [4.69, 9.17) is 9.47 Å². The Morgan fingerprint density at radius 3 is 2.56 bits per heavy atom. The molecule has 1 saturated carbocycles. The number of aromatic nitrogens is 1. The summed E-state index contributed by atoms with van der Waals surface area (Å²) < 4.78 is 14.2. The van der Waals surface area contributed by atoms with Crippen molar-refractivity contribution in [3.05, 3.63) is 53.6 Å². The quantitative estimate of drug-likeness (QED) is 0.478. The van der Waals surface area contributed by atoms with Gasteiger partial charge >= 0.3 is 5.97 Å². The third-order valence-electron chi connectivity index (χ3n) is 8.56. The van der Waals surface area contributed by atoms with Gasteiger partial charge in [0, 0.05) is 49.2 Å². The standard InChI is InChI=1S/C30H37N3O3/c1-31-14-16-32(17-15-31)23-19-33-26-18-22(30(34)35-2)12-13-24(26)28(21-8-4-3-5-9-21)29(33)25-10-6-7-11-27(25)36-20-23/h6-7,10-13,18,21,23H,3-5,8-9,14-17,19-20H2,1-2H3. The molecule has 190 valence electrons. The number of ether oxygens (including phenoxy) is 2. The van der Waals surface area contributed by atoms with Crippen LogP contribution in [-0.2, 0) is 11.3 Å². The van der Waals surface area contributed by atoms with Gasteiger partial charge in [-0.2, -0.15) is 0 Å². The average molecular weight is 488 g/mol. The largest absolute Gasteiger partial charge is 0.491 e. The second-order valence-electron chi connectivity index (χ2n) is 10.7. The molecule has 0 N–H and O–H groups in total. The van der Waals surface area contributed by atoms with Gasteiger partial charge in [-0.15, -0.1) is 0 Å². The summed E-state index contributed by atoms with van der Waals surface area (Å²) in [6.07, 6.45) is 6.31. The van der Waals surface area contributed by atoms with Gasteiger partial charge in [-0.05, 0) is 55.6 Å². The second kappa shape index (κ2) is 9.91. The lowest BCUT2D eigenvalue weighted by molar-refractivity contribution is 0.0600. The lowest BCUT2D eigenvalue weighted by Gasteiger charge is -2.39. The first-order chi connectivity index (χ1) is 17.6. The molecular weight excluding hydrogens is 450 g/mol. The van der Waals surface area contributed by atoms with Gasteiger partial charge in [0.25, 0.3) is 0 Å². The lowest BCUT2D eigenvalue weighted by Crippen LogP contribution is -2.52. The lowest BCUT2D eigenvalue weighted by atomic mass is 9.81. The number of rotatable bonds is 3. The van der Waals surface area contributed by atoms with Crippen molar-refractivity contribution < 1.29 is 14.3 Å². The summed E-state index contributed by atoms with van der Waals surface area (Å²) in [5, 5.41) is 1.28. The summed E-state index contributed by atoms with van der Waals surface area (Å²) in [6, 6.07) is 15.0. The predicted molar refractivity (Wildman–Crippen MR) is 143 cm³/mol. The summed E-state index contributed by atoms with van der Waals surface area (Å²) in [7, 11) is 3.66. The van der Waals surface area contributed by atoms with E-state index in [0.29, 0.717) is 18.1 Å². The van der Waals surface area contributed by atoms with Crippen LogP contribution in [0.15, 0.2) is 42.5 Å². The molecule has 2 fully saturated rings. The molecule has 6 nitrogen and oxygen atoms in total. The number of esters is 1. The Kier molecular flexibility index (Phi) is 6.48. The fourth-order valence-corrected chi connectivity index (χ4v) is 6.55. The highest BCUT2D eigenvalue weighted by Gasteiger charge is 2.32. The summed E-state index contributed by atoms with van der Waals surface area (Å²) in [6.45, 7) is 5.75. The molecule has 3 heterocycles. The normalized spacial score (nSPS) is 21.8. The van der Waals surface area contributed by atoms with Gasteiger partial charge in [-0.1, -0.05) is 37.5 Å². The minimum atomic E-state index is -0.281. The van der Waals surface area contributed by atoms with Crippen molar-refractivity contribution >= 4 is 16.9 Å². The van der Waals surface area contributed by atoms with Crippen molar-refractivity contribution in [1.82, 2.24) is 14.4 Å². The van der Waals surface area contributed by atoms with Crippen molar-refractivity contribution in [2.75, 3.05) is 46.9 Å². The van der Waals surface area contributed by atoms with Gasteiger partial charge in [0.05, 0.1) is 24.4 Å². The highest BCUT2D eigenvalue weighted by molar-refractivity contribution is 5.99. The van der Waals surface area contributed by atoms with Crippen LogP contribution in [0.1, 0.15) is 53.9 Å². The molecule has 6 rings (SSSR count). The van der Waals surface area contributed by atoms with Crippen LogP contribution in [-0.4, -0.2) is 73.3 Å². The molecule has 0 spiro atoms. The molecule has 1 aliphatic carbocycles. The number of nitrogens with zero attached hydrogens (tertiary/aromatic N) is 3. The van der Waals surface area contributed by atoms with Crippen LogP contribution in [0.2, 0.25) is 0 Å². The van der Waals surface area contributed by atoms with Crippen LogP contribution in [0.25, 0.3) is 22.2 Å². The minimum absolute atomic E-state index is 0.266. The molecule has 1 unspecified atom stereocenters. The van der Waals surface area contributed by atoms with Crippen molar-refractivity contribution in [1.29, 1.82) is 0 Å². The van der Waals surface area contributed by atoms with Gasteiger partial charge in [0.1, 0.15) is 12.4 Å². The number of fused-ring (bicyclic) bond motifs is 5. The van der Waals surface area contributed by atoms with Gasteiger partial charge in [-0.3, -0.25) is 4.90 Å². The van der Waals surface area contributed by atoms with Gasteiger partial charge in [0.2, 0.25) is 0 Å². The first kappa shape index (κ1) is 23.6. The van der Waals surface area contributed by atoms with Crippen molar-refractivity contribution in [2.24, 2.45) is 0 Å². The Morgan fingerprint density at radius 2 is 1.78 bits per heavy atom. The van der Waals surface area contributed by atoms with Crippen LogP contribution in [0, 0.1) is 0 Å². The number of piperazine rings is 1. The van der Waals surface area contributed by atoms with E-state index in [1.54, 1.807) is 0 Å². The van der Waals surface area contributed by atoms with E-state index in [1.807, 2.05) is 6.07 Å². The fourth-order valence-electron chi connectivity index (χ4n) is 6.55. The highest BCUT2D eigenvalue weighted by Crippen LogP contribution is 2.47. The van der Waals surface area contributed by atoms with E-state index < -0.39 is 0 Å². The maximum absolute atomic E-state index is 12.5. The molecule has 1 atom stereocenters. The zero-order chi connectivity index (χ0) is 24.6. The van der Waals surface area contributed by atoms with Gasteiger partial charge in [0.15, 0.2) is 0 Å². The summed E-state index contributed by atoms with van der Waals surface area (Å²) >= 11 is 0. The van der Waals surface area contributed by atoms with E-state index >= 15 is 0 Å². The maximum Gasteiger partial charge on any atom is 0.337 e. The molecule has 3 aliphatic rings. The summed E-state index contributed by atoms with van der Waals surface area (Å²) in [4.78, 5) is 17.5. The van der Waals surface area contributed by atoms with E-state index in [-0.39, 0.29) is 12.0 Å². The smallest absolute Gasteiger partial charge is 0.337 e. The van der Waals surface area contributed by atoms with Crippen LogP contribution in [0.4, 0.5) is 0 Å². The van der Waals surface area contributed by atoms with Crippen molar-refractivity contribution in [3.8, 4) is 17.0 Å². The first-order valence-corrected chi connectivity index (χ1v) is 13.5. The Hall–Kier alpha value is -2.83. The summed E-state index contributed by atoms with van der Waals surface area (Å²) in [5.41, 5.74) is 5.66. The molecule has 0 bridgehead atoms. The number of para-hydroxylation sites is 1. The fraction of sp³-hybridized carbons (Fsp3) is 0.500. The van der Waals surface area contributed by atoms with Crippen LogP contribution in [0.3, 0.4) is 0 Å². The third-order valence-corrected chi connectivity index (χ3v) is 8.56. The minimum Gasteiger partial charge on any atom is -0.491 e. The SMILES string of the molecule is COC(=O)c1ccc2c(C3CCCCC3)c3n(c2c1)CC(N1CCN(C)CC1)COc1ccccc1-3. The molecule has 3 aromatic rings. The number of carbonyl (C=O) groups is 1. The molecule has 0 radical (unpaired) electrons. The first-order valence-electron chi connectivity index (χ1n) is 13.5. The average Bonchev–Trinajstić information content (AvgIpc) is 3.23. The number of carbonyl (C=O) groups excluding carboxylic acids is 1. The molecule has 2 aliphatic heterocycles. The highest BCUT2D eigenvalue weighted by atomic mass is 16.5.